The van der Waals surface area contributed by atoms with Gasteiger partial charge < -0.3 is 29.2 Å². The van der Waals surface area contributed by atoms with Crippen molar-refractivity contribution in [1.29, 1.82) is 0 Å². The zero-order valence-corrected chi connectivity index (χ0v) is 22.2. The quantitative estimate of drug-likeness (QED) is 0.330. The number of epoxide rings is 1. The number of carbonyl (C=O) groups excluding carboxylic acids is 1. The van der Waals surface area contributed by atoms with Gasteiger partial charge in [-0.2, -0.15) is 0 Å². The first-order valence-electron chi connectivity index (χ1n) is 13.9. The lowest BCUT2D eigenvalue weighted by atomic mass is 9.91. The van der Waals surface area contributed by atoms with Crippen molar-refractivity contribution in [2.24, 2.45) is 11.8 Å². The Bertz CT molecular complexity index is 864. The van der Waals surface area contributed by atoms with Crippen LogP contribution in [0.4, 0.5) is 0 Å². The Hall–Kier alpha value is -1.77. The molecule has 2 bridgehead atoms. The minimum Gasteiger partial charge on any atom is -0.456 e. The van der Waals surface area contributed by atoms with E-state index in [0.717, 1.165) is 37.7 Å². The Morgan fingerprint density at radius 2 is 1.92 bits per heavy atom. The highest BCUT2D eigenvalue weighted by atomic mass is 16.6. The van der Waals surface area contributed by atoms with E-state index >= 15 is 0 Å². The molecule has 10 atom stereocenters. The van der Waals surface area contributed by atoms with E-state index in [1.165, 1.54) is 6.08 Å². The van der Waals surface area contributed by atoms with Crippen LogP contribution >= 0.6 is 0 Å². The molecule has 4 aliphatic heterocycles. The van der Waals surface area contributed by atoms with Crippen molar-refractivity contribution >= 4 is 5.97 Å². The van der Waals surface area contributed by atoms with E-state index in [1.807, 2.05) is 12.2 Å². The normalized spacial score (nSPS) is 41.8. The summed E-state index contributed by atoms with van der Waals surface area (Å²) in [6.07, 6.45) is 13.7. The minimum absolute atomic E-state index is 0.0549. The molecule has 4 aliphatic rings. The van der Waals surface area contributed by atoms with E-state index in [0.29, 0.717) is 37.7 Å². The second-order valence-electron chi connectivity index (χ2n) is 11.4. The zero-order chi connectivity index (χ0) is 26.4. The molecule has 7 nitrogen and oxygen atoms in total. The molecule has 2 fully saturated rings. The number of aliphatic hydroxyl groups is 2. The van der Waals surface area contributed by atoms with Crippen LogP contribution in [0.3, 0.4) is 0 Å². The summed E-state index contributed by atoms with van der Waals surface area (Å²) in [5.74, 6) is 0.439. The summed E-state index contributed by atoms with van der Waals surface area (Å²) in [6.45, 7) is 9.29. The monoisotopic (exact) mass is 516 g/mol. The molecule has 37 heavy (non-hydrogen) atoms. The molecule has 206 valence electrons. The highest BCUT2D eigenvalue weighted by Gasteiger charge is 2.46. The zero-order valence-electron chi connectivity index (χ0n) is 22.2. The Labute approximate surface area is 221 Å². The maximum atomic E-state index is 12.7. The van der Waals surface area contributed by atoms with E-state index in [9.17, 15) is 15.0 Å². The number of cyclic esters (lactones) is 1. The van der Waals surface area contributed by atoms with Crippen molar-refractivity contribution in [2.45, 2.75) is 114 Å². The second-order valence-corrected chi connectivity index (χ2v) is 11.4. The molecule has 0 amide bonds. The molecule has 0 aliphatic carbocycles. The third-order valence-corrected chi connectivity index (χ3v) is 7.75. The number of ether oxygens (including phenoxy) is 4. The summed E-state index contributed by atoms with van der Waals surface area (Å²) in [5.41, 5.74) is 0.994. The molecule has 0 radical (unpaired) electrons. The lowest BCUT2D eigenvalue weighted by Gasteiger charge is -2.28. The number of rotatable bonds is 3. The summed E-state index contributed by atoms with van der Waals surface area (Å²) < 4.78 is 23.4. The van der Waals surface area contributed by atoms with Gasteiger partial charge in [-0.05, 0) is 56.8 Å². The molecule has 0 aromatic carbocycles. The van der Waals surface area contributed by atoms with Gasteiger partial charge in [0, 0.05) is 19.1 Å². The Morgan fingerprint density at radius 1 is 1.08 bits per heavy atom. The summed E-state index contributed by atoms with van der Waals surface area (Å²) >= 11 is 0. The summed E-state index contributed by atoms with van der Waals surface area (Å²) in [7, 11) is 0. The lowest BCUT2D eigenvalue weighted by Crippen LogP contribution is -2.33. The van der Waals surface area contributed by atoms with Gasteiger partial charge in [0.2, 0.25) is 0 Å². The maximum absolute atomic E-state index is 12.7. The summed E-state index contributed by atoms with van der Waals surface area (Å²) in [6, 6.07) is 0. The predicted octanol–water partition coefficient (Wildman–Crippen LogP) is 4.19. The lowest BCUT2D eigenvalue weighted by molar-refractivity contribution is -0.148. The third kappa shape index (κ3) is 8.89. The number of carbonyl (C=O) groups is 1. The molecule has 0 aromatic rings. The van der Waals surface area contributed by atoms with Gasteiger partial charge in [0.15, 0.2) is 0 Å². The molecule has 0 saturated carbocycles. The van der Waals surface area contributed by atoms with Gasteiger partial charge in [0.25, 0.3) is 0 Å². The van der Waals surface area contributed by atoms with Gasteiger partial charge in [-0.15, -0.1) is 0 Å². The van der Waals surface area contributed by atoms with Gasteiger partial charge in [-0.1, -0.05) is 56.4 Å². The van der Waals surface area contributed by atoms with Gasteiger partial charge in [0.05, 0.1) is 30.5 Å². The van der Waals surface area contributed by atoms with E-state index in [1.54, 1.807) is 12.2 Å². The van der Waals surface area contributed by atoms with Gasteiger partial charge >= 0.3 is 5.97 Å². The fraction of sp³-hybridized carbons (Fsp3) is 0.700. The highest BCUT2D eigenvalue weighted by Crippen LogP contribution is 2.35. The fourth-order valence-corrected chi connectivity index (χ4v) is 5.69. The van der Waals surface area contributed by atoms with Gasteiger partial charge in [0.1, 0.15) is 18.3 Å². The Kier molecular flexibility index (Phi) is 10.2. The standard InChI is InChI=1S/C30H44O7/c1-19-12-13-34-23(15-19)10-11-25(31)27-18-28-30(37-28)26(32)17-21(3)14-20(2)16-24-8-4-6-22(35-24)7-5-9-29(33)36-27/h4-6,9-11,19-20,22-28,30-32H,3,7-8,12-18H2,1-2H3/b9-5-,11-10+/t19?,20-,22-,23?,24-,25-,26-,27?,28-,30-/m0/s1. The van der Waals surface area contributed by atoms with Crippen molar-refractivity contribution in [3.05, 3.63) is 48.6 Å². The molecular formula is C30H44O7. The van der Waals surface area contributed by atoms with Crippen molar-refractivity contribution in [1.82, 2.24) is 0 Å². The first-order chi connectivity index (χ1) is 17.8. The first kappa shape index (κ1) is 28.2. The highest BCUT2D eigenvalue weighted by molar-refractivity contribution is 5.82. The number of aliphatic hydroxyl groups excluding tert-OH is 2. The topological polar surface area (TPSA) is 97.8 Å². The van der Waals surface area contributed by atoms with Gasteiger partial charge in [-0.3, -0.25) is 0 Å². The molecule has 7 heteroatoms. The average molecular weight is 517 g/mol. The van der Waals surface area contributed by atoms with Crippen molar-refractivity contribution in [2.75, 3.05) is 6.61 Å². The Balaban J connectivity index is 1.44. The number of esters is 1. The van der Waals surface area contributed by atoms with E-state index in [2.05, 4.69) is 26.5 Å². The predicted molar refractivity (Wildman–Crippen MR) is 141 cm³/mol. The van der Waals surface area contributed by atoms with Crippen LogP contribution in [0.15, 0.2) is 48.6 Å². The van der Waals surface area contributed by atoms with Crippen LogP contribution < -0.4 is 0 Å². The van der Waals surface area contributed by atoms with Crippen LogP contribution in [0.25, 0.3) is 0 Å². The molecule has 0 spiro atoms. The summed E-state index contributed by atoms with van der Waals surface area (Å²) in [5, 5.41) is 21.7. The number of hydrogen-bond acceptors (Lipinski definition) is 7. The average Bonchev–Trinajstić information content (AvgIpc) is 3.61. The number of hydrogen-bond donors (Lipinski definition) is 2. The van der Waals surface area contributed by atoms with Crippen molar-refractivity contribution in [3.63, 3.8) is 0 Å². The molecule has 4 rings (SSSR count). The van der Waals surface area contributed by atoms with Crippen LogP contribution in [0.2, 0.25) is 0 Å². The van der Waals surface area contributed by atoms with E-state index in [-0.39, 0.29) is 30.5 Å². The third-order valence-electron chi connectivity index (χ3n) is 7.75. The molecule has 3 unspecified atom stereocenters. The molecule has 4 heterocycles. The van der Waals surface area contributed by atoms with Crippen molar-refractivity contribution < 1.29 is 34.0 Å². The van der Waals surface area contributed by atoms with Crippen LogP contribution in [-0.4, -0.2) is 71.6 Å². The molecule has 0 aromatic heterocycles. The van der Waals surface area contributed by atoms with E-state index in [4.69, 9.17) is 18.9 Å². The van der Waals surface area contributed by atoms with Crippen LogP contribution in [-0.2, 0) is 23.7 Å². The smallest absolute Gasteiger partial charge is 0.330 e. The molecular weight excluding hydrogens is 472 g/mol. The Morgan fingerprint density at radius 3 is 2.73 bits per heavy atom. The van der Waals surface area contributed by atoms with Crippen LogP contribution in [0, 0.1) is 11.8 Å². The van der Waals surface area contributed by atoms with Crippen LogP contribution in [0.5, 0.6) is 0 Å². The van der Waals surface area contributed by atoms with Gasteiger partial charge in [-0.25, -0.2) is 4.79 Å². The fourth-order valence-electron chi connectivity index (χ4n) is 5.69. The maximum Gasteiger partial charge on any atom is 0.330 e. The first-order valence-corrected chi connectivity index (χ1v) is 13.9. The molecule has 2 saturated heterocycles. The summed E-state index contributed by atoms with van der Waals surface area (Å²) in [4.78, 5) is 12.7. The minimum atomic E-state index is -1.01. The second kappa shape index (κ2) is 13.3. The largest absolute Gasteiger partial charge is 0.456 e. The van der Waals surface area contributed by atoms with E-state index < -0.39 is 24.3 Å². The SMILES string of the molecule is C=C1C[C@H](C)C[C@@H]2CC=C[C@@H](C/C=C\C(=O)OC([C@@H](O)/C=C/C3CC(C)CCO3)C[C@@H]3O[C@H]3[C@@H](O)C1)O2. The number of fused-ring (bicyclic) bond motifs is 3. The van der Waals surface area contributed by atoms with Crippen molar-refractivity contribution in [3.8, 4) is 0 Å². The molecule has 2 N–H and O–H groups in total. The van der Waals surface area contributed by atoms with Crippen LogP contribution in [0.1, 0.15) is 65.2 Å².